The van der Waals surface area contributed by atoms with Crippen LogP contribution >= 0.6 is 0 Å². The molecular weight excluding hydrogens is 330 g/mol. The van der Waals surface area contributed by atoms with Gasteiger partial charge in [-0.25, -0.2) is 0 Å². The van der Waals surface area contributed by atoms with Gasteiger partial charge in [-0.15, -0.1) is 0 Å². The number of carbonyl (C=O) groups excluding carboxylic acids is 1. The first-order valence-electron chi connectivity index (χ1n) is 8.96. The molecule has 140 valence electrons. The van der Waals surface area contributed by atoms with Crippen LogP contribution in [0.3, 0.4) is 0 Å². The van der Waals surface area contributed by atoms with Crippen LogP contribution in [0.15, 0.2) is 18.2 Å². The Hall–Kier alpha value is -2.50. The number of likely N-dealkylation sites (tertiary alicyclic amines) is 1. The highest BCUT2D eigenvalue weighted by molar-refractivity contribution is 5.80. The summed E-state index contributed by atoms with van der Waals surface area (Å²) in [5.74, 6) is 1.71. The van der Waals surface area contributed by atoms with E-state index in [9.17, 15) is 4.79 Å². The Morgan fingerprint density at radius 2 is 2.04 bits per heavy atom. The lowest BCUT2D eigenvalue weighted by Gasteiger charge is -2.27. The van der Waals surface area contributed by atoms with Gasteiger partial charge >= 0.3 is 0 Å². The fraction of sp³-hybridized carbons (Fsp3) is 0.500. The van der Waals surface area contributed by atoms with E-state index in [4.69, 9.17) is 9.47 Å². The number of methoxy groups -OCH3 is 2. The second-order valence-corrected chi connectivity index (χ2v) is 6.80. The molecule has 1 fully saturated rings. The molecule has 0 spiro atoms. The van der Waals surface area contributed by atoms with Crippen molar-refractivity contribution in [3.8, 4) is 11.5 Å². The maximum absolute atomic E-state index is 13.1. The van der Waals surface area contributed by atoms with Gasteiger partial charge in [0.25, 0.3) is 0 Å². The summed E-state index contributed by atoms with van der Waals surface area (Å²) >= 11 is 0. The Balaban J connectivity index is 1.87. The van der Waals surface area contributed by atoms with Crippen molar-refractivity contribution in [2.24, 2.45) is 7.05 Å². The molecule has 1 atom stereocenters. The molecule has 1 aromatic heterocycles. The fourth-order valence-electron chi connectivity index (χ4n) is 3.81. The second kappa shape index (κ2) is 7.40. The number of aromatic nitrogens is 2. The lowest BCUT2D eigenvalue weighted by molar-refractivity contribution is -0.131. The van der Waals surface area contributed by atoms with Crippen LogP contribution < -0.4 is 9.47 Å². The van der Waals surface area contributed by atoms with E-state index in [2.05, 4.69) is 5.10 Å². The highest BCUT2D eigenvalue weighted by Crippen LogP contribution is 2.39. The fourth-order valence-corrected chi connectivity index (χ4v) is 3.81. The van der Waals surface area contributed by atoms with E-state index < -0.39 is 0 Å². The van der Waals surface area contributed by atoms with Crippen molar-refractivity contribution >= 4 is 5.91 Å². The van der Waals surface area contributed by atoms with Crippen LogP contribution in [0.2, 0.25) is 0 Å². The summed E-state index contributed by atoms with van der Waals surface area (Å²) in [7, 11) is 5.22. The SMILES string of the molecule is COc1ccc(OC)c([C@H]2CCCN2C(=O)Cc2c(C)nn(C)c2C)c1. The van der Waals surface area contributed by atoms with E-state index >= 15 is 0 Å². The van der Waals surface area contributed by atoms with Gasteiger partial charge in [-0.2, -0.15) is 5.10 Å². The van der Waals surface area contributed by atoms with Crippen molar-refractivity contribution < 1.29 is 14.3 Å². The molecule has 0 unspecified atom stereocenters. The molecule has 0 radical (unpaired) electrons. The maximum Gasteiger partial charge on any atom is 0.227 e. The number of amides is 1. The topological polar surface area (TPSA) is 56.6 Å². The van der Waals surface area contributed by atoms with Gasteiger partial charge in [0, 0.05) is 30.4 Å². The zero-order valence-corrected chi connectivity index (χ0v) is 16.2. The minimum absolute atomic E-state index is 0.0184. The summed E-state index contributed by atoms with van der Waals surface area (Å²) in [6.45, 7) is 4.74. The van der Waals surface area contributed by atoms with Gasteiger partial charge in [-0.3, -0.25) is 9.48 Å². The molecular formula is C20H27N3O3. The molecule has 1 aromatic carbocycles. The number of ether oxygens (including phenoxy) is 2. The summed E-state index contributed by atoms with van der Waals surface area (Å²) in [5.41, 5.74) is 4.01. The molecule has 0 bridgehead atoms. The zero-order valence-electron chi connectivity index (χ0n) is 16.2. The largest absolute Gasteiger partial charge is 0.497 e. The quantitative estimate of drug-likeness (QED) is 0.825. The van der Waals surface area contributed by atoms with Crippen molar-refractivity contribution in [3.05, 3.63) is 40.7 Å². The molecule has 1 aliphatic rings. The number of aryl methyl sites for hydroxylation is 2. The van der Waals surface area contributed by atoms with Gasteiger partial charge in [-0.1, -0.05) is 0 Å². The minimum Gasteiger partial charge on any atom is -0.497 e. The average Bonchev–Trinajstić information content (AvgIpc) is 3.22. The van der Waals surface area contributed by atoms with E-state index in [1.165, 1.54) is 0 Å². The lowest BCUT2D eigenvalue weighted by Crippen LogP contribution is -2.32. The summed E-state index contributed by atoms with van der Waals surface area (Å²) < 4.78 is 12.7. The molecule has 0 N–H and O–H groups in total. The Kier molecular flexibility index (Phi) is 5.20. The third kappa shape index (κ3) is 3.28. The molecule has 6 heteroatoms. The van der Waals surface area contributed by atoms with E-state index in [0.29, 0.717) is 6.42 Å². The molecule has 1 aliphatic heterocycles. The summed E-state index contributed by atoms with van der Waals surface area (Å²) in [5, 5.41) is 4.43. The molecule has 1 amide bonds. The summed E-state index contributed by atoms with van der Waals surface area (Å²) in [6.07, 6.45) is 2.30. The minimum atomic E-state index is 0.0184. The van der Waals surface area contributed by atoms with Crippen LogP contribution in [-0.2, 0) is 18.3 Å². The van der Waals surface area contributed by atoms with Crippen LogP contribution in [-0.4, -0.2) is 41.4 Å². The summed E-state index contributed by atoms with van der Waals surface area (Å²) in [4.78, 5) is 15.1. The van der Waals surface area contributed by atoms with Gasteiger partial charge in [-0.05, 0) is 44.9 Å². The predicted octanol–water partition coefficient (Wildman–Crippen LogP) is 2.96. The van der Waals surface area contributed by atoms with Crippen molar-refractivity contribution in [3.63, 3.8) is 0 Å². The van der Waals surface area contributed by atoms with Gasteiger partial charge in [0.2, 0.25) is 5.91 Å². The molecule has 2 heterocycles. The van der Waals surface area contributed by atoms with Gasteiger partial charge < -0.3 is 14.4 Å². The van der Waals surface area contributed by atoms with Gasteiger partial charge in [0.1, 0.15) is 11.5 Å². The first-order valence-corrected chi connectivity index (χ1v) is 8.96. The Morgan fingerprint density at radius 3 is 2.65 bits per heavy atom. The van der Waals surface area contributed by atoms with Crippen LogP contribution in [0.25, 0.3) is 0 Å². The number of rotatable bonds is 5. The highest BCUT2D eigenvalue weighted by Gasteiger charge is 2.32. The van der Waals surface area contributed by atoms with Gasteiger partial charge in [0.05, 0.1) is 32.4 Å². The molecule has 0 aliphatic carbocycles. The monoisotopic (exact) mass is 357 g/mol. The maximum atomic E-state index is 13.1. The normalized spacial score (nSPS) is 16.8. The summed E-state index contributed by atoms with van der Waals surface area (Å²) in [6, 6.07) is 5.79. The highest BCUT2D eigenvalue weighted by atomic mass is 16.5. The first-order chi connectivity index (χ1) is 12.5. The molecule has 1 saturated heterocycles. The molecule has 0 saturated carbocycles. The smallest absolute Gasteiger partial charge is 0.227 e. The van der Waals surface area contributed by atoms with Crippen LogP contribution in [0.5, 0.6) is 11.5 Å². The number of hydrogen-bond donors (Lipinski definition) is 0. The third-order valence-electron chi connectivity index (χ3n) is 5.36. The molecule has 26 heavy (non-hydrogen) atoms. The van der Waals surface area contributed by atoms with E-state index in [1.807, 2.05) is 48.7 Å². The number of hydrogen-bond acceptors (Lipinski definition) is 4. The van der Waals surface area contributed by atoms with Crippen LogP contribution in [0.4, 0.5) is 0 Å². The van der Waals surface area contributed by atoms with Gasteiger partial charge in [0.15, 0.2) is 0 Å². The molecule has 2 aromatic rings. The second-order valence-electron chi connectivity index (χ2n) is 6.80. The van der Waals surface area contributed by atoms with Crippen molar-refractivity contribution in [1.82, 2.24) is 14.7 Å². The van der Waals surface area contributed by atoms with E-state index in [-0.39, 0.29) is 11.9 Å². The Labute approximate surface area is 154 Å². The van der Waals surface area contributed by atoms with E-state index in [1.54, 1.807) is 14.2 Å². The Morgan fingerprint density at radius 1 is 1.27 bits per heavy atom. The van der Waals surface area contributed by atoms with E-state index in [0.717, 1.165) is 53.4 Å². The zero-order chi connectivity index (χ0) is 18.8. The van der Waals surface area contributed by atoms with Crippen LogP contribution in [0.1, 0.15) is 41.4 Å². The number of carbonyl (C=O) groups is 1. The van der Waals surface area contributed by atoms with Crippen molar-refractivity contribution in [2.75, 3.05) is 20.8 Å². The van der Waals surface area contributed by atoms with Crippen molar-refractivity contribution in [2.45, 2.75) is 39.2 Å². The lowest BCUT2D eigenvalue weighted by atomic mass is 10.0. The third-order valence-corrected chi connectivity index (χ3v) is 5.36. The Bertz CT molecular complexity index is 813. The van der Waals surface area contributed by atoms with Crippen molar-refractivity contribution in [1.29, 1.82) is 0 Å². The number of nitrogens with zero attached hydrogens (tertiary/aromatic N) is 3. The predicted molar refractivity (Wildman–Crippen MR) is 99.6 cm³/mol. The number of benzene rings is 1. The van der Waals surface area contributed by atoms with Crippen LogP contribution in [0, 0.1) is 13.8 Å². The standard InChI is InChI=1S/C20H27N3O3/c1-13-16(14(2)22(3)21-13)12-20(24)23-10-6-7-18(23)17-11-15(25-4)8-9-19(17)26-5/h8-9,11,18H,6-7,10,12H2,1-5H3/t18-/m1/s1. The first kappa shape index (κ1) is 18.3. The average molecular weight is 357 g/mol. The molecule has 6 nitrogen and oxygen atoms in total. The molecule has 3 rings (SSSR count).